The molecule has 0 rings (SSSR count). The molecule has 1 N–H and O–H groups in total. The Morgan fingerprint density at radius 3 is 1.57 bits per heavy atom. The quantitative estimate of drug-likeness (QED) is 0.460. The first kappa shape index (κ1) is 9.85. The molecule has 44 valence electrons. The first-order valence-electron chi connectivity index (χ1n) is 2.40. The predicted octanol–water partition coefficient (Wildman–Crippen LogP) is 1.58. The lowest BCUT2D eigenvalue weighted by molar-refractivity contribution is 0.216. The van der Waals surface area contributed by atoms with E-state index in [1.54, 1.807) is 19.9 Å². The van der Waals surface area contributed by atoms with E-state index in [0.717, 1.165) is 0 Å². The SMILES string of the molecule is C=CC.CC(C)O. The summed E-state index contributed by atoms with van der Waals surface area (Å²) in [6.07, 6.45) is 1.58. The first-order chi connectivity index (χ1) is 3.15. The zero-order valence-corrected chi connectivity index (χ0v) is 5.31. The van der Waals surface area contributed by atoms with Gasteiger partial charge in [0.15, 0.2) is 0 Å². The van der Waals surface area contributed by atoms with Gasteiger partial charge in [0.05, 0.1) is 0 Å². The van der Waals surface area contributed by atoms with E-state index in [0.29, 0.717) is 0 Å². The van der Waals surface area contributed by atoms with Crippen LogP contribution in [0.3, 0.4) is 0 Å². The standard InChI is InChI=1S/C3H8O.C3H6/c1-3(2)4;1-3-2/h3-4H,1-2H3;3H,1H2,2H3. The van der Waals surface area contributed by atoms with E-state index < -0.39 is 0 Å². The Morgan fingerprint density at radius 1 is 1.57 bits per heavy atom. The van der Waals surface area contributed by atoms with Crippen LogP contribution in [0.5, 0.6) is 0 Å². The molecular formula is C6H14O. The second kappa shape index (κ2) is 9.20. The highest BCUT2D eigenvalue weighted by molar-refractivity contribution is 4.51. The molecule has 0 saturated heterocycles. The summed E-state index contributed by atoms with van der Waals surface area (Å²) >= 11 is 0. The molecule has 0 aromatic heterocycles. The highest BCUT2D eigenvalue weighted by Crippen LogP contribution is 1.65. The van der Waals surface area contributed by atoms with Crippen molar-refractivity contribution in [2.75, 3.05) is 0 Å². The van der Waals surface area contributed by atoms with Crippen molar-refractivity contribution in [1.29, 1.82) is 0 Å². The molecule has 0 aliphatic heterocycles. The largest absolute Gasteiger partial charge is 0.394 e. The van der Waals surface area contributed by atoms with Crippen LogP contribution in [-0.4, -0.2) is 11.2 Å². The minimum atomic E-state index is -0.167. The summed E-state index contributed by atoms with van der Waals surface area (Å²) in [6.45, 7) is 8.69. The van der Waals surface area contributed by atoms with Gasteiger partial charge in [-0.05, 0) is 20.8 Å². The Morgan fingerprint density at radius 2 is 1.57 bits per heavy atom. The van der Waals surface area contributed by atoms with Crippen molar-refractivity contribution >= 4 is 0 Å². The first-order valence-corrected chi connectivity index (χ1v) is 2.40. The summed E-state index contributed by atoms with van der Waals surface area (Å²) < 4.78 is 0. The highest BCUT2D eigenvalue weighted by atomic mass is 16.3. The Balaban J connectivity index is 0. The third-order valence-corrected chi connectivity index (χ3v) is 0. The lowest BCUT2D eigenvalue weighted by Gasteiger charge is -1.80. The molecule has 0 atom stereocenters. The fourth-order valence-electron chi connectivity index (χ4n) is 0. The van der Waals surface area contributed by atoms with Gasteiger partial charge in [-0.3, -0.25) is 0 Å². The van der Waals surface area contributed by atoms with Gasteiger partial charge in [-0.1, -0.05) is 6.08 Å². The van der Waals surface area contributed by atoms with E-state index in [9.17, 15) is 0 Å². The van der Waals surface area contributed by atoms with E-state index in [-0.39, 0.29) is 6.10 Å². The number of hydrogen-bond acceptors (Lipinski definition) is 1. The molecule has 1 nitrogen and oxygen atoms in total. The van der Waals surface area contributed by atoms with Crippen molar-refractivity contribution in [3.63, 3.8) is 0 Å². The third kappa shape index (κ3) is 867. The van der Waals surface area contributed by atoms with Crippen molar-refractivity contribution in [2.24, 2.45) is 0 Å². The van der Waals surface area contributed by atoms with Crippen LogP contribution in [0.15, 0.2) is 12.7 Å². The van der Waals surface area contributed by atoms with E-state index in [2.05, 4.69) is 6.58 Å². The van der Waals surface area contributed by atoms with Crippen LogP contribution in [0.25, 0.3) is 0 Å². The minimum absolute atomic E-state index is 0.167. The number of rotatable bonds is 0. The predicted molar refractivity (Wildman–Crippen MR) is 33.2 cm³/mol. The van der Waals surface area contributed by atoms with Gasteiger partial charge in [0, 0.05) is 6.10 Å². The molecule has 0 spiro atoms. The van der Waals surface area contributed by atoms with Crippen LogP contribution in [-0.2, 0) is 0 Å². The third-order valence-electron chi connectivity index (χ3n) is 0. The summed E-state index contributed by atoms with van der Waals surface area (Å²) in [7, 11) is 0. The zero-order chi connectivity index (χ0) is 6.28. The average Bonchev–Trinajstić information content (AvgIpc) is 1.33. The molecular weight excluding hydrogens is 88.1 g/mol. The van der Waals surface area contributed by atoms with Crippen LogP contribution in [0.1, 0.15) is 20.8 Å². The molecule has 0 fully saturated rings. The molecule has 0 radical (unpaired) electrons. The van der Waals surface area contributed by atoms with Crippen LogP contribution in [0.4, 0.5) is 0 Å². The van der Waals surface area contributed by atoms with Crippen molar-refractivity contribution in [3.8, 4) is 0 Å². The Labute approximate surface area is 45.7 Å². The summed E-state index contributed by atoms with van der Waals surface area (Å²) in [6, 6.07) is 0. The van der Waals surface area contributed by atoms with Gasteiger partial charge in [-0.25, -0.2) is 0 Å². The fourth-order valence-corrected chi connectivity index (χ4v) is 0. The van der Waals surface area contributed by atoms with Gasteiger partial charge in [-0.15, -0.1) is 6.58 Å². The monoisotopic (exact) mass is 102 g/mol. The normalized spacial score (nSPS) is 7.00. The van der Waals surface area contributed by atoms with Crippen LogP contribution < -0.4 is 0 Å². The van der Waals surface area contributed by atoms with Crippen LogP contribution >= 0.6 is 0 Å². The molecule has 0 aromatic rings. The second-order valence-corrected chi connectivity index (χ2v) is 1.50. The fraction of sp³-hybridized carbons (Fsp3) is 0.667. The van der Waals surface area contributed by atoms with Crippen molar-refractivity contribution in [2.45, 2.75) is 26.9 Å². The van der Waals surface area contributed by atoms with Crippen molar-refractivity contribution in [3.05, 3.63) is 12.7 Å². The molecule has 1 heteroatoms. The molecule has 0 saturated carbocycles. The van der Waals surface area contributed by atoms with Gasteiger partial charge in [-0.2, -0.15) is 0 Å². The van der Waals surface area contributed by atoms with E-state index in [1.807, 2.05) is 6.92 Å². The smallest absolute Gasteiger partial charge is 0.0483 e. The van der Waals surface area contributed by atoms with E-state index in [4.69, 9.17) is 5.11 Å². The number of hydrogen-bond donors (Lipinski definition) is 1. The molecule has 0 amide bonds. The summed E-state index contributed by atoms with van der Waals surface area (Å²) in [5, 5.41) is 8.06. The van der Waals surface area contributed by atoms with Gasteiger partial charge in [0.2, 0.25) is 0 Å². The molecule has 0 aliphatic carbocycles. The second-order valence-electron chi connectivity index (χ2n) is 1.50. The number of aliphatic hydroxyl groups is 1. The molecule has 0 aliphatic rings. The summed E-state index contributed by atoms with van der Waals surface area (Å²) in [5.41, 5.74) is 0. The topological polar surface area (TPSA) is 20.2 Å². The van der Waals surface area contributed by atoms with Crippen molar-refractivity contribution < 1.29 is 5.11 Å². The van der Waals surface area contributed by atoms with Gasteiger partial charge >= 0.3 is 0 Å². The Bertz CT molecular complexity index is 28.4. The lowest BCUT2D eigenvalue weighted by Crippen LogP contribution is -1.85. The van der Waals surface area contributed by atoms with Gasteiger partial charge < -0.3 is 5.11 Å². The molecule has 0 aromatic carbocycles. The molecule has 0 heterocycles. The van der Waals surface area contributed by atoms with Gasteiger partial charge in [0.1, 0.15) is 0 Å². The highest BCUT2D eigenvalue weighted by Gasteiger charge is 1.69. The van der Waals surface area contributed by atoms with E-state index >= 15 is 0 Å². The zero-order valence-electron chi connectivity index (χ0n) is 5.31. The van der Waals surface area contributed by atoms with Crippen molar-refractivity contribution in [1.82, 2.24) is 0 Å². The Hall–Kier alpha value is -0.300. The maximum Gasteiger partial charge on any atom is 0.0483 e. The number of aliphatic hydroxyl groups excluding tert-OH is 1. The summed E-state index contributed by atoms with van der Waals surface area (Å²) in [4.78, 5) is 0. The average molecular weight is 102 g/mol. The maximum atomic E-state index is 8.06. The lowest BCUT2D eigenvalue weighted by atomic mass is 10.5. The molecule has 0 unspecified atom stereocenters. The van der Waals surface area contributed by atoms with Crippen LogP contribution in [0, 0.1) is 0 Å². The molecule has 7 heavy (non-hydrogen) atoms. The van der Waals surface area contributed by atoms with E-state index in [1.165, 1.54) is 0 Å². The van der Waals surface area contributed by atoms with Gasteiger partial charge in [0.25, 0.3) is 0 Å². The van der Waals surface area contributed by atoms with Crippen LogP contribution in [0.2, 0.25) is 0 Å². The number of allylic oxidation sites excluding steroid dienone is 1. The Kier molecular flexibility index (Phi) is 12.9. The summed E-state index contributed by atoms with van der Waals surface area (Å²) in [5.74, 6) is 0. The molecule has 0 bridgehead atoms. The maximum absolute atomic E-state index is 8.06. The minimum Gasteiger partial charge on any atom is -0.394 e.